The van der Waals surface area contributed by atoms with Gasteiger partial charge in [0.1, 0.15) is 0 Å². The summed E-state index contributed by atoms with van der Waals surface area (Å²) in [4.78, 5) is 47.4. The summed E-state index contributed by atoms with van der Waals surface area (Å²) in [6.07, 6.45) is 0. The van der Waals surface area contributed by atoms with E-state index in [-0.39, 0.29) is 39.2 Å². The minimum Gasteiger partial charge on any atom is -0.289 e. The fourth-order valence-corrected chi connectivity index (χ4v) is 2.63. The van der Waals surface area contributed by atoms with Gasteiger partial charge in [-0.25, -0.2) is 0 Å². The van der Waals surface area contributed by atoms with Crippen LogP contribution in [0.3, 0.4) is 0 Å². The molecule has 0 fully saturated rings. The molecular formula is C16H6Cl2O4. The highest BCUT2D eigenvalue weighted by Gasteiger charge is 2.30. The number of halogens is 2. The molecule has 0 aromatic heterocycles. The SMILES string of the molecule is O=C(Cl)c1ccc2c(c1)C(=O)c1cc(C(=O)Cl)ccc1C2=O. The van der Waals surface area contributed by atoms with Gasteiger partial charge in [0.25, 0.3) is 10.5 Å². The first-order chi connectivity index (χ1) is 10.4. The van der Waals surface area contributed by atoms with Gasteiger partial charge in [-0.15, -0.1) is 0 Å². The van der Waals surface area contributed by atoms with E-state index in [0.717, 1.165) is 0 Å². The molecule has 3 rings (SSSR count). The number of carbonyl (C=O) groups is 4. The van der Waals surface area contributed by atoms with Crippen molar-refractivity contribution < 1.29 is 19.2 Å². The topological polar surface area (TPSA) is 68.3 Å². The molecule has 6 heteroatoms. The van der Waals surface area contributed by atoms with Gasteiger partial charge >= 0.3 is 0 Å². The summed E-state index contributed by atoms with van der Waals surface area (Å²) < 4.78 is 0. The van der Waals surface area contributed by atoms with Gasteiger partial charge in [0.15, 0.2) is 11.6 Å². The lowest BCUT2D eigenvalue weighted by Gasteiger charge is -2.18. The Bertz CT molecular complexity index is 814. The lowest BCUT2D eigenvalue weighted by Crippen LogP contribution is -2.21. The first kappa shape index (κ1) is 14.6. The van der Waals surface area contributed by atoms with E-state index in [4.69, 9.17) is 23.2 Å². The van der Waals surface area contributed by atoms with Crippen molar-refractivity contribution in [3.63, 3.8) is 0 Å². The van der Waals surface area contributed by atoms with Crippen LogP contribution < -0.4 is 0 Å². The third-order valence-corrected chi connectivity index (χ3v) is 3.91. The average Bonchev–Trinajstić information content (AvgIpc) is 2.51. The molecule has 0 heterocycles. The average molecular weight is 333 g/mol. The number of hydrogen-bond acceptors (Lipinski definition) is 4. The predicted molar refractivity (Wildman–Crippen MR) is 80.1 cm³/mol. The normalized spacial score (nSPS) is 12.6. The van der Waals surface area contributed by atoms with Crippen molar-refractivity contribution in [2.45, 2.75) is 0 Å². The summed E-state index contributed by atoms with van der Waals surface area (Å²) >= 11 is 10.8. The van der Waals surface area contributed by atoms with Crippen LogP contribution in [0.2, 0.25) is 0 Å². The van der Waals surface area contributed by atoms with E-state index in [1.807, 2.05) is 0 Å². The van der Waals surface area contributed by atoms with Crippen LogP contribution in [0.1, 0.15) is 52.6 Å². The van der Waals surface area contributed by atoms with Crippen LogP contribution in [0.15, 0.2) is 36.4 Å². The zero-order chi connectivity index (χ0) is 16.0. The molecule has 0 unspecified atom stereocenters. The summed E-state index contributed by atoms with van der Waals surface area (Å²) in [7, 11) is 0. The Morgan fingerprint density at radius 2 is 1.00 bits per heavy atom. The minimum absolute atomic E-state index is 0.0863. The highest BCUT2D eigenvalue weighted by molar-refractivity contribution is 6.68. The van der Waals surface area contributed by atoms with E-state index in [0.29, 0.717) is 0 Å². The molecule has 0 amide bonds. The zero-order valence-corrected chi connectivity index (χ0v) is 12.4. The molecule has 1 aliphatic rings. The standard InChI is InChI=1S/C16H6Cl2O4/c17-15(21)7-1-3-9-11(5-7)14(20)12-6-8(16(18)22)2-4-10(12)13(9)19/h1-6H. The molecule has 0 saturated heterocycles. The maximum Gasteiger partial charge on any atom is 0.252 e. The molecule has 22 heavy (non-hydrogen) atoms. The van der Waals surface area contributed by atoms with Gasteiger partial charge in [-0.05, 0) is 59.6 Å². The van der Waals surface area contributed by atoms with E-state index in [2.05, 4.69) is 0 Å². The molecule has 2 aromatic carbocycles. The zero-order valence-electron chi connectivity index (χ0n) is 10.9. The maximum absolute atomic E-state index is 12.5. The number of hydrogen-bond donors (Lipinski definition) is 0. The summed E-state index contributed by atoms with van der Waals surface area (Å²) in [5.41, 5.74) is 0.809. The van der Waals surface area contributed by atoms with Crippen molar-refractivity contribution in [3.05, 3.63) is 69.8 Å². The quantitative estimate of drug-likeness (QED) is 0.675. The van der Waals surface area contributed by atoms with Crippen LogP contribution in [-0.2, 0) is 0 Å². The third kappa shape index (κ3) is 2.17. The van der Waals surface area contributed by atoms with Gasteiger partial charge in [0.05, 0.1) is 0 Å². The van der Waals surface area contributed by atoms with Crippen LogP contribution in [0.4, 0.5) is 0 Å². The maximum atomic E-state index is 12.5. The van der Waals surface area contributed by atoms with E-state index in [9.17, 15) is 19.2 Å². The van der Waals surface area contributed by atoms with E-state index in [1.165, 1.54) is 36.4 Å². The van der Waals surface area contributed by atoms with Gasteiger partial charge in [0.2, 0.25) is 0 Å². The number of carbonyl (C=O) groups excluding carboxylic acids is 4. The van der Waals surface area contributed by atoms with Crippen LogP contribution in [0.5, 0.6) is 0 Å². The molecule has 0 radical (unpaired) electrons. The molecule has 0 aliphatic heterocycles. The number of ketones is 2. The molecule has 108 valence electrons. The molecular weight excluding hydrogens is 327 g/mol. The number of rotatable bonds is 2. The Balaban J connectivity index is 2.23. The van der Waals surface area contributed by atoms with E-state index >= 15 is 0 Å². The van der Waals surface area contributed by atoms with Gasteiger partial charge in [-0.3, -0.25) is 19.2 Å². The first-order valence-electron chi connectivity index (χ1n) is 6.17. The summed E-state index contributed by atoms with van der Waals surface area (Å²) in [5, 5.41) is -1.45. The molecule has 0 atom stereocenters. The summed E-state index contributed by atoms with van der Waals surface area (Å²) in [5.74, 6) is -0.809. The summed E-state index contributed by atoms with van der Waals surface area (Å²) in [6, 6.07) is 8.14. The van der Waals surface area contributed by atoms with Gasteiger partial charge in [-0.1, -0.05) is 0 Å². The van der Waals surface area contributed by atoms with Crippen molar-refractivity contribution in [1.82, 2.24) is 0 Å². The minimum atomic E-state index is -0.724. The smallest absolute Gasteiger partial charge is 0.252 e. The second kappa shape index (κ2) is 5.16. The molecule has 2 aromatic rings. The fraction of sp³-hybridized carbons (Fsp3) is 0. The monoisotopic (exact) mass is 332 g/mol. The molecule has 1 aliphatic carbocycles. The Morgan fingerprint density at radius 3 is 1.36 bits per heavy atom. The number of benzene rings is 2. The molecule has 0 N–H and O–H groups in total. The van der Waals surface area contributed by atoms with Crippen LogP contribution in [0, 0.1) is 0 Å². The molecule has 0 spiro atoms. The Kier molecular flexibility index (Phi) is 3.43. The fourth-order valence-electron chi connectivity index (χ4n) is 2.39. The Labute approximate surface area is 134 Å². The first-order valence-corrected chi connectivity index (χ1v) is 6.93. The predicted octanol–water partition coefficient (Wildman–Crippen LogP) is 3.22. The van der Waals surface area contributed by atoms with Crippen molar-refractivity contribution >= 4 is 45.3 Å². The highest BCUT2D eigenvalue weighted by atomic mass is 35.5. The third-order valence-electron chi connectivity index (χ3n) is 3.47. The van der Waals surface area contributed by atoms with Gasteiger partial charge in [-0.2, -0.15) is 0 Å². The Morgan fingerprint density at radius 1 is 0.636 bits per heavy atom. The summed E-state index contributed by atoms with van der Waals surface area (Å²) in [6.45, 7) is 0. The van der Waals surface area contributed by atoms with Gasteiger partial charge < -0.3 is 0 Å². The van der Waals surface area contributed by atoms with Crippen molar-refractivity contribution in [2.24, 2.45) is 0 Å². The van der Waals surface area contributed by atoms with Crippen molar-refractivity contribution in [3.8, 4) is 0 Å². The highest BCUT2D eigenvalue weighted by Crippen LogP contribution is 2.29. The molecule has 4 nitrogen and oxygen atoms in total. The molecule has 0 bridgehead atoms. The second-order valence-corrected chi connectivity index (χ2v) is 5.41. The number of fused-ring (bicyclic) bond motifs is 2. The lowest BCUT2D eigenvalue weighted by atomic mass is 9.83. The second-order valence-electron chi connectivity index (χ2n) is 4.73. The lowest BCUT2D eigenvalue weighted by molar-refractivity contribution is 0.0978. The molecule has 0 saturated carbocycles. The van der Waals surface area contributed by atoms with E-state index < -0.39 is 16.3 Å². The van der Waals surface area contributed by atoms with Crippen LogP contribution in [-0.4, -0.2) is 22.1 Å². The Hall–Kier alpha value is -2.30. The largest absolute Gasteiger partial charge is 0.289 e. The van der Waals surface area contributed by atoms with Crippen molar-refractivity contribution in [1.29, 1.82) is 0 Å². The van der Waals surface area contributed by atoms with E-state index in [1.54, 1.807) is 0 Å². The van der Waals surface area contributed by atoms with Crippen molar-refractivity contribution in [2.75, 3.05) is 0 Å². The van der Waals surface area contributed by atoms with Gasteiger partial charge in [0, 0.05) is 33.4 Å². The van der Waals surface area contributed by atoms with Crippen LogP contribution >= 0.6 is 23.2 Å². The van der Waals surface area contributed by atoms with Crippen LogP contribution in [0.25, 0.3) is 0 Å².